The number of rotatable bonds is 6. The lowest BCUT2D eigenvalue weighted by Crippen LogP contribution is -2.44. The molecule has 0 saturated carbocycles. The number of benzene rings is 1. The minimum atomic E-state index is -1.06. The monoisotopic (exact) mass is 369 g/mol. The Bertz CT molecular complexity index is 681. The number of aliphatic carboxylic acids is 2. The molecule has 0 aromatic heterocycles. The topological polar surface area (TPSA) is 96.3 Å². The average molecular weight is 370 g/mol. The Labute approximate surface area is 150 Å². The zero-order chi connectivity index (χ0) is 18.0. The fourth-order valence-electron chi connectivity index (χ4n) is 3.72. The Balaban J connectivity index is 1.77. The quantitative estimate of drug-likeness (QED) is 0.788. The van der Waals surface area contributed by atoms with Crippen LogP contribution in [0.2, 0.25) is 5.02 Å². The number of carboxylic acids is 2. The van der Waals surface area contributed by atoms with Crippen LogP contribution < -0.4 is 4.74 Å². The van der Waals surface area contributed by atoms with Gasteiger partial charge in [0, 0.05) is 42.7 Å². The van der Waals surface area contributed by atoms with Crippen LogP contribution in [0.5, 0.6) is 5.75 Å². The molecule has 0 amide bonds. The molecule has 3 rings (SSSR count). The lowest BCUT2D eigenvalue weighted by Gasteiger charge is -2.34. The molecule has 1 aromatic rings. The lowest BCUT2D eigenvalue weighted by atomic mass is 9.74. The molecule has 2 saturated heterocycles. The van der Waals surface area contributed by atoms with Crippen molar-refractivity contribution in [1.82, 2.24) is 4.90 Å². The van der Waals surface area contributed by atoms with Crippen LogP contribution in [0.4, 0.5) is 0 Å². The Morgan fingerprint density at radius 3 is 2.88 bits per heavy atom. The second-order valence-corrected chi connectivity index (χ2v) is 7.02. The molecule has 8 heteroatoms. The largest absolute Gasteiger partial charge is 0.482 e. The third kappa shape index (κ3) is 3.73. The van der Waals surface area contributed by atoms with Gasteiger partial charge in [-0.15, -0.1) is 0 Å². The van der Waals surface area contributed by atoms with Gasteiger partial charge in [0.05, 0.1) is 12.0 Å². The van der Waals surface area contributed by atoms with Gasteiger partial charge < -0.3 is 19.7 Å². The van der Waals surface area contributed by atoms with Gasteiger partial charge in [0.1, 0.15) is 5.75 Å². The molecule has 0 radical (unpaired) electrons. The van der Waals surface area contributed by atoms with E-state index < -0.39 is 24.0 Å². The maximum Gasteiger partial charge on any atom is 0.341 e. The number of carbonyl (C=O) groups is 2. The molecule has 2 atom stereocenters. The fourth-order valence-corrected chi connectivity index (χ4v) is 3.91. The van der Waals surface area contributed by atoms with Crippen molar-refractivity contribution < 1.29 is 29.3 Å². The molecule has 136 valence electrons. The molecule has 2 heterocycles. The first-order valence-corrected chi connectivity index (χ1v) is 8.45. The van der Waals surface area contributed by atoms with Gasteiger partial charge in [-0.2, -0.15) is 0 Å². The summed E-state index contributed by atoms with van der Waals surface area (Å²) in [6, 6.07) is 5.00. The molecule has 2 fully saturated rings. The van der Waals surface area contributed by atoms with E-state index in [1.807, 2.05) is 4.90 Å². The SMILES string of the molecule is O=C(O)COc1ccc(Cl)cc1CN1C[C@@H]2COCC[C@]2(C(=O)O)C1. The Hall–Kier alpha value is -1.83. The summed E-state index contributed by atoms with van der Waals surface area (Å²) < 4.78 is 10.8. The van der Waals surface area contributed by atoms with E-state index >= 15 is 0 Å². The van der Waals surface area contributed by atoms with Gasteiger partial charge in [0.15, 0.2) is 6.61 Å². The van der Waals surface area contributed by atoms with Gasteiger partial charge in [-0.3, -0.25) is 9.69 Å². The molecule has 25 heavy (non-hydrogen) atoms. The zero-order valence-electron chi connectivity index (χ0n) is 13.6. The molecular formula is C17H20ClNO6. The highest BCUT2D eigenvalue weighted by Crippen LogP contribution is 2.43. The summed E-state index contributed by atoms with van der Waals surface area (Å²) in [4.78, 5) is 24.7. The van der Waals surface area contributed by atoms with E-state index in [4.69, 9.17) is 26.2 Å². The van der Waals surface area contributed by atoms with Crippen LogP contribution in [0.25, 0.3) is 0 Å². The van der Waals surface area contributed by atoms with Crippen molar-refractivity contribution >= 4 is 23.5 Å². The molecule has 2 N–H and O–H groups in total. The summed E-state index contributed by atoms with van der Waals surface area (Å²) in [6.45, 7) is 1.95. The van der Waals surface area contributed by atoms with Gasteiger partial charge in [0.2, 0.25) is 0 Å². The minimum absolute atomic E-state index is 0.0543. The van der Waals surface area contributed by atoms with Crippen LogP contribution in [-0.4, -0.2) is 60.0 Å². The van der Waals surface area contributed by atoms with Crippen molar-refractivity contribution in [1.29, 1.82) is 0 Å². The van der Waals surface area contributed by atoms with E-state index in [1.54, 1.807) is 18.2 Å². The number of likely N-dealkylation sites (tertiary alicyclic amines) is 1. The highest BCUT2D eigenvalue weighted by atomic mass is 35.5. The number of hydrogen-bond acceptors (Lipinski definition) is 5. The standard InChI is InChI=1S/C17H20ClNO6/c18-13-1-2-14(25-9-15(20)21)11(5-13)6-19-7-12-8-24-4-3-17(12,10-19)16(22)23/h1-2,5,12H,3-4,6-10H2,(H,20,21)(H,22,23)/t12-,17+/m1/s1. The van der Waals surface area contributed by atoms with Gasteiger partial charge in [0.25, 0.3) is 0 Å². The normalized spacial score (nSPS) is 26.2. The van der Waals surface area contributed by atoms with E-state index in [2.05, 4.69) is 0 Å². The molecule has 0 unspecified atom stereocenters. The first kappa shape index (κ1) is 18.0. The molecule has 2 aliphatic heterocycles. The maximum atomic E-state index is 11.9. The van der Waals surface area contributed by atoms with Crippen LogP contribution in [0.15, 0.2) is 18.2 Å². The maximum absolute atomic E-state index is 11.9. The zero-order valence-corrected chi connectivity index (χ0v) is 14.4. The third-order valence-electron chi connectivity index (χ3n) is 4.97. The Kier molecular flexibility index (Phi) is 5.17. The smallest absolute Gasteiger partial charge is 0.341 e. The van der Waals surface area contributed by atoms with E-state index in [9.17, 15) is 14.7 Å². The van der Waals surface area contributed by atoms with Gasteiger partial charge in [-0.25, -0.2) is 4.79 Å². The summed E-state index contributed by atoms with van der Waals surface area (Å²) in [7, 11) is 0. The van der Waals surface area contributed by atoms with Gasteiger partial charge in [-0.05, 0) is 24.6 Å². The molecule has 0 bridgehead atoms. The predicted molar refractivity (Wildman–Crippen MR) is 88.9 cm³/mol. The summed E-state index contributed by atoms with van der Waals surface area (Å²) in [6.07, 6.45) is 0.501. The van der Waals surface area contributed by atoms with E-state index in [-0.39, 0.29) is 5.92 Å². The highest BCUT2D eigenvalue weighted by molar-refractivity contribution is 6.30. The van der Waals surface area contributed by atoms with E-state index in [0.29, 0.717) is 50.0 Å². The predicted octanol–water partition coefficient (Wildman–Crippen LogP) is 1.73. The first-order valence-electron chi connectivity index (χ1n) is 8.07. The van der Waals surface area contributed by atoms with Crippen LogP contribution in [0, 0.1) is 11.3 Å². The van der Waals surface area contributed by atoms with E-state index in [1.165, 1.54) is 0 Å². The number of nitrogens with zero attached hydrogens (tertiary/aromatic N) is 1. The average Bonchev–Trinajstić information content (AvgIpc) is 2.93. The third-order valence-corrected chi connectivity index (χ3v) is 5.21. The van der Waals surface area contributed by atoms with Crippen molar-refractivity contribution in [2.45, 2.75) is 13.0 Å². The Morgan fingerprint density at radius 1 is 1.40 bits per heavy atom. The molecular weight excluding hydrogens is 350 g/mol. The van der Waals surface area contributed by atoms with E-state index in [0.717, 1.165) is 5.56 Å². The van der Waals surface area contributed by atoms with Crippen molar-refractivity contribution in [3.05, 3.63) is 28.8 Å². The molecule has 2 aliphatic rings. The first-order chi connectivity index (χ1) is 11.9. The Morgan fingerprint density at radius 2 is 2.20 bits per heavy atom. The summed E-state index contributed by atoms with van der Waals surface area (Å²) in [5.41, 5.74) is -0.0345. The van der Waals surface area contributed by atoms with Crippen LogP contribution in [0.1, 0.15) is 12.0 Å². The van der Waals surface area contributed by atoms with Crippen molar-refractivity contribution in [2.75, 3.05) is 32.9 Å². The van der Waals surface area contributed by atoms with Gasteiger partial charge in [-0.1, -0.05) is 11.6 Å². The van der Waals surface area contributed by atoms with Crippen LogP contribution in [-0.2, 0) is 20.9 Å². The summed E-state index contributed by atoms with van der Waals surface area (Å²) in [5, 5.41) is 19.1. The second-order valence-electron chi connectivity index (χ2n) is 6.59. The number of carboxylic acid groups (broad SMARTS) is 2. The highest BCUT2D eigenvalue weighted by Gasteiger charge is 2.53. The summed E-state index contributed by atoms with van der Waals surface area (Å²) in [5.74, 6) is -1.45. The van der Waals surface area contributed by atoms with Gasteiger partial charge >= 0.3 is 11.9 Å². The lowest BCUT2D eigenvalue weighted by molar-refractivity contribution is -0.157. The van der Waals surface area contributed by atoms with Crippen molar-refractivity contribution in [3.63, 3.8) is 0 Å². The second kappa shape index (κ2) is 7.19. The van der Waals surface area contributed by atoms with Crippen molar-refractivity contribution in [2.24, 2.45) is 11.3 Å². The fraction of sp³-hybridized carbons (Fsp3) is 0.529. The molecule has 7 nitrogen and oxygen atoms in total. The number of halogens is 1. The number of fused-ring (bicyclic) bond motifs is 1. The molecule has 0 spiro atoms. The minimum Gasteiger partial charge on any atom is -0.482 e. The summed E-state index contributed by atoms with van der Waals surface area (Å²) >= 11 is 6.06. The molecule has 1 aromatic carbocycles. The van der Waals surface area contributed by atoms with Crippen LogP contribution >= 0.6 is 11.6 Å². The number of ether oxygens (including phenoxy) is 2. The van der Waals surface area contributed by atoms with Crippen LogP contribution in [0.3, 0.4) is 0 Å². The van der Waals surface area contributed by atoms with Crippen molar-refractivity contribution in [3.8, 4) is 5.75 Å². The number of hydrogen-bond donors (Lipinski definition) is 2. The molecule has 0 aliphatic carbocycles.